The second-order valence-electron chi connectivity index (χ2n) is 5.65. The molecular weight excluding hydrogens is 359 g/mol. The number of benzene rings is 3. The average molecular weight is 373 g/mol. The van der Waals surface area contributed by atoms with Crippen LogP contribution in [0.2, 0.25) is 5.02 Å². The molecule has 132 valence electrons. The quantitative estimate of drug-likeness (QED) is 0.614. The van der Waals surface area contributed by atoms with E-state index in [2.05, 4.69) is 10.6 Å². The third kappa shape index (κ3) is 3.45. The molecule has 0 spiro atoms. The minimum atomic E-state index is -0.853. The van der Waals surface area contributed by atoms with E-state index < -0.39 is 17.8 Å². The van der Waals surface area contributed by atoms with Crippen molar-refractivity contribution >= 4 is 40.0 Å². The maximum absolute atomic E-state index is 13.0. The molecule has 0 radical (unpaired) electrons. The lowest BCUT2D eigenvalue weighted by Crippen LogP contribution is -2.34. The van der Waals surface area contributed by atoms with Crippen LogP contribution < -0.4 is 10.6 Å². The normalized spacial score (nSPS) is 10.6. The summed E-state index contributed by atoms with van der Waals surface area (Å²) in [6.07, 6.45) is 0. The van der Waals surface area contributed by atoms with Gasteiger partial charge in [-0.05, 0) is 47.5 Å². The molecule has 5 nitrogen and oxygen atoms in total. The second kappa shape index (κ2) is 7.01. The zero-order chi connectivity index (χ0) is 18.8. The SMILES string of the molecule is Cc1c(O)c(C(=O)NC(=O)Nc2ccc(F)cc2Cl)cc2ccccc12. The summed E-state index contributed by atoms with van der Waals surface area (Å²) in [5.41, 5.74) is 0.661. The molecule has 3 N–H and O–H groups in total. The summed E-state index contributed by atoms with van der Waals surface area (Å²) in [4.78, 5) is 24.4. The molecule has 0 aliphatic heterocycles. The smallest absolute Gasteiger partial charge is 0.326 e. The van der Waals surface area contributed by atoms with Gasteiger partial charge in [-0.1, -0.05) is 35.9 Å². The maximum atomic E-state index is 13.0. The van der Waals surface area contributed by atoms with Crippen molar-refractivity contribution in [3.63, 3.8) is 0 Å². The van der Waals surface area contributed by atoms with Crippen molar-refractivity contribution in [1.29, 1.82) is 0 Å². The highest BCUT2D eigenvalue weighted by molar-refractivity contribution is 6.33. The van der Waals surface area contributed by atoms with Gasteiger partial charge in [-0.15, -0.1) is 0 Å². The van der Waals surface area contributed by atoms with Crippen LogP contribution in [-0.2, 0) is 0 Å². The van der Waals surface area contributed by atoms with Crippen molar-refractivity contribution in [3.8, 4) is 5.75 Å². The number of fused-ring (bicyclic) bond motifs is 1. The largest absolute Gasteiger partial charge is 0.507 e. The third-order valence-corrected chi connectivity index (χ3v) is 4.24. The van der Waals surface area contributed by atoms with E-state index in [0.29, 0.717) is 5.56 Å². The average Bonchev–Trinajstić information content (AvgIpc) is 2.60. The van der Waals surface area contributed by atoms with Crippen LogP contribution in [0.1, 0.15) is 15.9 Å². The molecule has 0 saturated carbocycles. The van der Waals surface area contributed by atoms with E-state index in [9.17, 15) is 19.1 Å². The zero-order valence-electron chi connectivity index (χ0n) is 13.6. The lowest BCUT2D eigenvalue weighted by molar-refractivity contribution is 0.0964. The highest BCUT2D eigenvalue weighted by Crippen LogP contribution is 2.30. The summed E-state index contributed by atoms with van der Waals surface area (Å²) in [5.74, 6) is -1.52. The number of phenolic OH excluding ortho intramolecular Hbond substituents is 1. The van der Waals surface area contributed by atoms with Crippen LogP contribution in [0.3, 0.4) is 0 Å². The van der Waals surface area contributed by atoms with Gasteiger partial charge < -0.3 is 10.4 Å². The summed E-state index contributed by atoms with van der Waals surface area (Å²) in [7, 11) is 0. The molecule has 7 heteroatoms. The summed E-state index contributed by atoms with van der Waals surface area (Å²) < 4.78 is 13.0. The van der Waals surface area contributed by atoms with E-state index >= 15 is 0 Å². The lowest BCUT2D eigenvalue weighted by atomic mass is 10.00. The fraction of sp³-hybridized carbons (Fsp3) is 0.0526. The molecule has 0 aromatic heterocycles. The Morgan fingerprint density at radius 1 is 1.12 bits per heavy atom. The Morgan fingerprint density at radius 2 is 1.85 bits per heavy atom. The second-order valence-corrected chi connectivity index (χ2v) is 6.06. The van der Waals surface area contributed by atoms with E-state index in [4.69, 9.17) is 11.6 Å². The molecule has 0 fully saturated rings. The predicted octanol–water partition coefficient (Wildman–Crippen LogP) is 4.61. The molecular formula is C19H14ClFN2O3. The molecule has 0 atom stereocenters. The highest BCUT2D eigenvalue weighted by atomic mass is 35.5. The highest BCUT2D eigenvalue weighted by Gasteiger charge is 2.18. The lowest BCUT2D eigenvalue weighted by Gasteiger charge is -2.12. The number of phenols is 1. The molecule has 3 aromatic carbocycles. The molecule has 0 saturated heterocycles. The van der Waals surface area contributed by atoms with Crippen molar-refractivity contribution in [3.05, 3.63) is 70.5 Å². The molecule has 26 heavy (non-hydrogen) atoms. The van der Waals surface area contributed by atoms with Gasteiger partial charge in [-0.3, -0.25) is 10.1 Å². The topological polar surface area (TPSA) is 78.4 Å². The van der Waals surface area contributed by atoms with Gasteiger partial charge in [0.1, 0.15) is 11.6 Å². The number of carbonyl (C=O) groups is 2. The molecule has 3 aromatic rings. The number of rotatable bonds is 2. The Morgan fingerprint density at radius 3 is 2.58 bits per heavy atom. The fourth-order valence-corrected chi connectivity index (χ4v) is 2.82. The maximum Gasteiger partial charge on any atom is 0.326 e. The Labute approximate surface area is 153 Å². The number of carbonyl (C=O) groups excluding carboxylic acids is 2. The number of nitrogens with one attached hydrogen (secondary N) is 2. The summed E-state index contributed by atoms with van der Waals surface area (Å²) in [5, 5.41) is 16.3. The van der Waals surface area contributed by atoms with Crippen molar-refractivity contribution in [2.75, 3.05) is 5.32 Å². The summed E-state index contributed by atoms with van der Waals surface area (Å²) >= 11 is 5.83. The third-order valence-electron chi connectivity index (χ3n) is 3.93. The molecule has 0 unspecified atom stereocenters. The van der Waals surface area contributed by atoms with Gasteiger partial charge in [-0.25, -0.2) is 9.18 Å². The van der Waals surface area contributed by atoms with Gasteiger partial charge in [0.2, 0.25) is 0 Å². The van der Waals surface area contributed by atoms with Crippen LogP contribution in [0.25, 0.3) is 10.8 Å². The van der Waals surface area contributed by atoms with Gasteiger partial charge in [0.05, 0.1) is 16.3 Å². The van der Waals surface area contributed by atoms with Gasteiger partial charge in [0.15, 0.2) is 0 Å². The molecule has 0 aliphatic carbocycles. The first-order valence-corrected chi connectivity index (χ1v) is 8.03. The molecule has 0 heterocycles. The Hall–Kier alpha value is -3.12. The number of amides is 3. The van der Waals surface area contributed by atoms with E-state index in [1.807, 2.05) is 18.2 Å². The molecule has 0 bridgehead atoms. The molecule has 3 amide bonds. The predicted molar refractivity (Wildman–Crippen MR) is 98.2 cm³/mol. The first kappa shape index (κ1) is 17.7. The fourth-order valence-electron chi connectivity index (χ4n) is 2.61. The van der Waals surface area contributed by atoms with Crippen molar-refractivity contribution in [2.45, 2.75) is 6.92 Å². The van der Waals surface area contributed by atoms with Gasteiger partial charge >= 0.3 is 6.03 Å². The molecule has 3 rings (SSSR count). The monoisotopic (exact) mass is 372 g/mol. The zero-order valence-corrected chi connectivity index (χ0v) is 14.4. The van der Waals surface area contributed by atoms with Gasteiger partial charge in [-0.2, -0.15) is 0 Å². The number of aryl methyl sites for hydroxylation is 1. The summed E-state index contributed by atoms with van der Waals surface area (Å²) in [6, 6.07) is 11.4. The molecule has 0 aliphatic rings. The van der Waals surface area contributed by atoms with Crippen LogP contribution in [0.15, 0.2) is 48.5 Å². The van der Waals surface area contributed by atoms with E-state index in [1.54, 1.807) is 13.0 Å². The Bertz CT molecular complexity index is 1040. The van der Waals surface area contributed by atoms with E-state index in [0.717, 1.165) is 22.9 Å². The van der Waals surface area contributed by atoms with Crippen LogP contribution in [0.5, 0.6) is 5.75 Å². The van der Waals surface area contributed by atoms with Crippen molar-refractivity contribution in [2.24, 2.45) is 0 Å². The van der Waals surface area contributed by atoms with Crippen molar-refractivity contribution in [1.82, 2.24) is 5.32 Å². The number of hydrogen-bond acceptors (Lipinski definition) is 3. The van der Waals surface area contributed by atoms with Crippen LogP contribution in [0, 0.1) is 12.7 Å². The first-order chi connectivity index (χ1) is 12.4. The number of anilines is 1. The van der Waals surface area contributed by atoms with E-state index in [1.165, 1.54) is 12.1 Å². The Balaban J connectivity index is 1.82. The minimum absolute atomic E-state index is 0.00278. The van der Waals surface area contributed by atoms with Crippen LogP contribution in [-0.4, -0.2) is 17.0 Å². The van der Waals surface area contributed by atoms with Gasteiger partial charge in [0.25, 0.3) is 5.91 Å². The van der Waals surface area contributed by atoms with Crippen LogP contribution in [0.4, 0.5) is 14.9 Å². The number of imide groups is 1. The van der Waals surface area contributed by atoms with Crippen molar-refractivity contribution < 1.29 is 19.1 Å². The Kier molecular flexibility index (Phi) is 4.77. The van der Waals surface area contributed by atoms with Gasteiger partial charge in [0, 0.05) is 0 Å². The number of aromatic hydroxyl groups is 1. The standard InChI is InChI=1S/C19H14ClFN2O3/c1-10-13-5-3-2-4-11(13)8-14(17(10)24)18(25)23-19(26)22-16-7-6-12(21)9-15(16)20/h2-9,24H,1H3,(H2,22,23,25,26). The van der Waals surface area contributed by atoms with Crippen LogP contribution >= 0.6 is 11.6 Å². The number of urea groups is 1. The number of hydrogen-bond donors (Lipinski definition) is 3. The summed E-state index contributed by atoms with van der Waals surface area (Å²) in [6.45, 7) is 1.69. The number of halogens is 2. The van der Waals surface area contributed by atoms with E-state index in [-0.39, 0.29) is 22.0 Å². The first-order valence-electron chi connectivity index (χ1n) is 7.65. The minimum Gasteiger partial charge on any atom is -0.507 e.